The molecule has 202 valence electrons. The van der Waals surface area contributed by atoms with Gasteiger partial charge in [-0.05, 0) is 50.6 Å². The first kappa shape index (κ1) is 27.6. The second kappa shape index (κ2) is 11.6. The molecule has 10 heteroatoms. The Morgan fingerprint density at radius 3 is 2.29 bits per heavy atom. The number of hydrogen-bond donors (Lipinski definition) is 0. The van der Waals surface area contributed by atoms with Gasteiger partial charge in [-0.25, -0.2) is 14.8 Å². The number of nitrogens with zero attached hydrogens (tertiary/aromatic N) is 4. The Morgan fingerprint density at radius 1 is 1.00 bits per heavy atom. The van der Waals surface area contributed by atoms with Crippen molar-refractivity contribution in [3.63, 3.8) is 0 Å². The van der Waals surface area contributed by atoms with Gasteiger partial charge in [0, 0.05) is 50.2 Å². The first-order valence-corrected chi connectivity index (χ1v) is 13.5. The third-order valence-corrected chi connectivity index (χ3v) is 7.21. The zero-order valence-corrected chi connectivity index (χ0v) is 23.3. The highest BCUT2D eigenvalue weighted by Gasteiger charge is 2.41. The lowest BCUT2D eigenvalue weighted by atomic mass is 9.99. The molecule has 2 aliphatic rings. The van der Waals surface area contributed by atoms with E-state index in [2.05, 4.69) is 4.98 Å². The number of ketones is 1. The molecule has 3 heterocycles. The monoisotopic (exact) mass is 538 g/mol. The van der Waals surface area contributed by atoms with E-state index in [0.717, 1.165) is 27.6 Å². The van der Waals surface area contributed by atoms with E-state index in [4.69, 9.17) is 24.2 Å². The van der Waals surface area contributed by atoms with Gasteiger partial charge in [0.1, 0.15) is 22.2 Å². The van der Waals surface area contributed by atoms with Crippen molar-refractivity contribution in [1.29, 1.82) is 0 Å². The molecule has 0 atom stereocenters. The molecule has 0 radical (unpaired) electrons. The summed E-state index contributed by atoms with van der Waals surface area (Å²) in [6.07, 6.45) is 2.79. The van der Waals surface area contributed by atoms with Gasteiger partial charge in [0.2, 0.25) is 5.88 Å². The molecule has 0 saturated carbocycles. The predicted octanol–water partition coefficient (Wildman–Crippen LogP) is 4.57. The molecular weight excluding hydrogens is 504 g/mol. The summed E-state index contributed by atoms with van der Waals surface area (Å²) in [4.78, 5) is 41.4. The van der Waals surface area contributed by atoms with E-state index in [-0.39, 0.29) is 24.1 Å². The number of aromatic nitrogens is 1. The number of benzene rings is 1. The Hall–Kier alpha value is -3.40. The molecule has 9 nitrogen and oxygen atoms in total. The number of ether oxygens (including phenoxy) is 3. The standard InChI is InChI=1S/C28H34N4O5S/c1-27(2,3)37-26(34)32-14-12-28(13-15-32)30-24(20-7-9-22(35-4)10-8-20)25(31-28)38-18-21(33)16-19-6-11-23(36-5)29-17-19/h6-11,17H,12-16,18H2,1-5H3. The number of thioether (sulfide) groups is 1. The molecule has 1 saturated heterocycles. The summed E-state index contributed by atoms with van der Waals surface area (Å²) in [6.45, 7) is 6.58. The molecule has 1 spiro atoms. The molecule has 0 unspecified atom stereocenters. The van der Waals surface area contributed by atoms with Crippen molar-refractivity contribution in [2.24, 2.45) is 9.98 Å². The normalized spacial score (nSPS) is 16.6. The van der Waals surface area contributed by atoms with Gasteiger partial charge in [-0.1, -0.05) is 17.8 Å². The number of aliphatic imine (C=N–C) groups is 2. The van der Waals surface area contributed by atoms with Crippen LogP contribution < -0.4 is 9.47 Å². The summed E-state index contributed by atoms with van der Waals surface area (Å²) < 4.78 is 15.9. The molecule has 38 heavy (non-hydrogen) atoms. The van der Waals surface area contributed by atoms with Crippen LogP contribution in [0, 0.1) is 0 Å². The molecule has 0 N–H and O–H groups in total. The van der Waals surface area contributed by atoms with Gasteiger partial charge in [-0.15, -0.1) is 0 Å². The second-order valence-electron chi connectivity index (χ2n) is 10.3. The van der Waals surface area contributed by atoms with Crippen LogP contribution in [-0.2, 0) is 16.0 Å². The lowest BCUT2D eigenvalue weighted by Crippen LogP contribution is -2.46. The van der Waals surface area contributed by atoms with Crippen LogP contribution in [0.1, 0.15) is 44.7 Å². The van der Waals surface area contributed by atoms with Crippen LogP contribution in [0.15, 0.2) is 52.6 Å². The third-order valence-electron chi connectivity index (χ3n) is 6.19. The number of Topliss-reactive ketones (excluding diaryl/α,β-unsaturated/α-hetero) is 1. The molecule has 0 aliphatic carbocycles. The molecule has 4 rings (SSSR count). The average molecular weight is 539 g/mol. The maximum Gasteiger partial charge on any atom is 0.410 e. The minimum atomic E-state index is -0.654. The largest absolute Gasteiger partial charge is 0.497 e. The smallest absolute Gasteiger partial charge is 0.410 e. The minimum Gasteiger partial charge on any atom is -0.497 e. The Morgan fingerprint density at radius 2 is 1.71 bits per heavy atom. The van der Waals surface area contributed by atoms with Crippen molar-refractivity contribution in [2.75, 3.05) is 33.1 Å². The number of carbonyl (C=O) groups excluding carboxylic acids is 2. The van der Waals surface area contributed by atoms with Crippen LogP contribution in [0.4, 0.5) is 4.79 Å². The van der Waals surface area contributed by atoms with Gasteiger partial charge in [0.15, 0.2) is 5.66 Å². The fourth-order valence-corrected chi connectivity index (χ4v) is 5.16. The van der Waals surface area contributed by atoms with Crippen molar-refractivity contribution >= 4 is 34.4 Å². The quantitative estimate of drug-likeness (QED) is 0.509. The summed E-state index contributed by atoms with van der Waals surface area (Å²) in [5.41, 5.74) is 1.31. The van der Waals surface area contributed by atoms with Crippen molar-refractivity contribution < 1.29 is 23.8 Å². The summed E-state index contributed by atoms with van der Waals surface area (Å²) >= 11 is 1.40. The highest BCUT2D eigenvalue weighted by molar-refractivity contribution is 8.16. The van der Waals surface area contributed by atoms with Crippen molar-refractivity contribution in [3.8, 4) is 11.6 Å². The van der Waals surface area contributed by atoms with Crippen LogP contribution in [0.2, 0.25) is 0 Å². The van der Waals surface area contributed by atoms with Crippen LogP contribution >= 0.6 is 11.8 Å². The number of hydrogen-bond acceptors (Lipinski definition) is 9. The fraction of sp³-hybridized carbons (Fsp3) is 0.464. The summed E-state index contributed by atoms with van der Waals surface area (Å²) in [7, 11) is 3.18. The first-order chi connectivity index (χ1) is 18.1. The predicted molar refractivity (Wildman–Crippen MR) is 149 cm³/mol. The average Bonchev–Trinajstić information content (AvgIpc) is 3.25. The van der Waals surface area contributed by atoms with Crippen molar-refractivity contribution in [1.82, 2.24) is 9.88 Å². The summed E-state index contributed by atoms with van der Waals surface area (Å²) in [5, 5.41) is 0.738. The molecule has 2 aliphatic heterocycles. The van der Waals surface area contributed by atoms with Gasteiger partial charge in [-0.2, -0.15) is 0 Å². The molecule has 1 aromatic heterocycles. The Labute approximate surface area is 227 Å². The number of piperidine rings is 1. The fourth-order valence-electron chi connectivity index (χ4n) is 4.22. The summed E-state index contributed by atoms with van der Waals surface area (Å²) in [6, 6.07) is 11.3. The van der Waals surface area contributed by atoms with E-state index < -0.39 is 11.3 Å². The number of pyridine rings is 1. The van der Waals surface area contributed by atoms with Crippen LogP contribution in [0.3, 0.4) is 0 Å². The van der Waals surface area contributed by atoms with Gasteiger partial charge >= 0.3 is 6.09 Å². The summed E-state index contributed by atoms with van der Waals surface area (Å²) in [5.74, 6) is 1.60. The maximum absolute atomic E-state index is 12.8. The number of carbonyl (C=O) groups is 2. The Bertz CT molecular complexity index is 1210. The van der Waals surface area contributed by atoms with E-state index in [1.54, 1.807) is 31.4 Å². The Balaban J connectivity index is 1.48. The molecule has 1 amide bonds. The van der Waals surface area contributed by atoms with E-state index in [1.807, 2.05) is 51.1 Å². The topological polar surface area (TPSA) is 103 Å². The SMILES string of the molecule is COc1ccc(C2=NC3(CCN(C(=O)OC(C)(C)C)CC3)N=C2SCC(=O)Cc2ccc(OC)nc2)cc1. The molecular formula is C28H34N4O5S. The zero-order valence-electron chi connectivity index (χ0n) is 22.5. The van der Waals surface area contributed by atoms with Gasteiger partial charge in [-0.3, -0.25) is 9.79 Å². The van der Waals surface area contributed by atoms with E-state index in [9.17, 15) is 9.59 Å². The third kappa shape index (κ3) is 6.92. The lowest BCUT2D eigenvalue weighted by Gasteiger charge is -2.36. The van der Waals surface area contributed by atoms with E-state index in [0.29, 0.717) is 31.8 Å². The molecule has 0 bridgehead atoms. The minimum absolute atomic E-state index is 0.0689. The number of amides is 1. The Kier molecular flexibility index (Phi) is 8.40. The van der Waals surface area contributed by atoms with E-state index in [1.165, 1.54) is 11.8 Å². The van der Waals surface area contributed by atoms with Gasteiger partial charge < -0.3 is 19.1 Å². The lowest BCUT2D eigenvalue weighted by molar-refractivity contribution is -0.116. The maximum atomic E-state index is 12.8. The number of rotatable bonds is 7. The first-order valence-electron chi connectivity index (χ1n) is 12.6. The highest BCUT2D eigenvalue weighted by Crippen LogP contribution is 2.36. The molecule has 1 aromatic carbocycles. The number of methoxy groups -OCH3 is 2. The zero-order chi connectivity index (χ0) is 27.3. The van der Waals surface area contributed by atoms with Crippen molar-refractivity contribution in [2.45, 2.75) is 51.3 Å². The molecule has 1 fully saturated rings. The molecule has 2 aromatic rings. The second-order valence-corrected chi connectivity index (χ2v) is 11.2. The van der Waals surface area contributed by atoms with E-state index >= 15 is 0 Å². The van der Waals surface area contributed by atoms with Gasteiger partial charge in [0.25, 0.3) is 0 Å². The highest BCUT2D eigenvalue weighted by atomic mass is 32.2. The van der Waals surface area contributed by atoms with Crippen molar-refractivity contribution in [3.05, 3.63) is 53.7 Å². The number of likely N-dealkylation sites (tertiary alicyclic amines) is 1. The van der Waals surface area contributed by atoms with Crippen LogP contribution in [0.5, 0.6) is 11.6 Å². The van der Waals surface area contributed by atoms with Crippen LogP contribution in [0.25, 0.3) is 0 Å². The van der Waals surface area contributed by atoms with Gasteiger partial charge in [0.05, 0.1) is 25.7 Å². The van der Waals surface area contributed by atoms with Crippen LogP contribution in [-0.4, -0.2) is 76.8 Å².